The molecule has 3 N–H and O–H groups in total. The summed E-state index contributed by atoms with van der Waals surface area (Å²) in [5.74, 6) is -1.41. The van der Waals surface area contributed by atoms with Gasteiger partial charge in [0.05, 0.1) is 11.9 Å². The van der Waals surface area contributed by atoms with E-state index in [2.05, 4.69) is 20.8 Å². The molecule has 1 atom stereocenters. The number of nitrogens with zero attached hydrogens (tertiary/aromatic N) is 1. The van der Waals surface area contributed by atoms with Gasteiger partial charge in [-0.1, -0.05) is 48.5 Å². The van der Waals surface area contributed by atoms with Crippen LogP contribution in [0.25, 0.3) is 21.7 Å². The van der Waals surface area contributed by atoms with E-state index in [-0.39, 0.29) is 18.7 Å². The van der Waals surface area contributed by atoms with Gasteiger partial charge in [0.1, 0.15) is 0 Å². The van der Waals surface area contributed by atoms with Crippen LogP contribution in [0.2, 0.25) is 0 Å². The SMILES string of the molecule is CC(OC(=O)CCNC(=O)c1n[nH]c2ccccc12)C(=O)Nc1ccc2ccccc2c1. The fraction of sp³-hybridized carbons (Fsp3) is 0.167. The van der Waals surface area contributed by atoms with Crippen LogP contribution in [0, 0.1) is 0 Å². The summed E-state index contributed by atoms with van der Waals surface area (Å²) in [5, 5.41) is 15.0. The van der Waals surface area contributed by atoms with Crippen LogP contribution >= 0.6 is 0 Å². The molecule has 0 radical (unpaired) electrons. The van der Waals surface area contributed by atoms with E-state index in [1.54, 1.807) is 12.1 Å². The summed E-state index contributed by atoms with van der Waals surface area (Å²) in [6.07, 6.45) is -1.04. The quantitative estimate of drug-likeness (QED) is 0.389. The number of carbonyl (C=O) groups excluding carboxylic acids is 3. The summed E-state index contributed by atoms with van der Waals surface area (Å²) >= 11 is 0. The second-order valence-corrected chi connectivity index (χ2v) is 7.31. The van der Waals surface area contributed by atoms with E-state index in [1.165, 1.54) is 6.92 Å². The molecule has 0 spiro atoms. The predicted octanol–water partition coefficient (Wildman–Crippen LogP) is 3.41. The standard InChI is InChI=1S/C24H22N4O4/c1-15(23(30)26-18-11-10-16-6-2-3-7-17(16)14-18)32-21(29)12-13-25-24(31)22-19-8-4-5-9-20(19)27-28-22/h2-11,14-15H,12-13H2,1H3,(H,25,31)(H,26,30)(H,27,28). The molecule has 1 heterocycles. The Morgan fingerprint density at radius 3 is 2.59 bits per heavy atom. The lowest BCUT2D eigenvalue weighted by molar-refractivity contribution is -0.153. The van der Waals surface area contributed by atoms with Gasteiger partial charge in [-0.15, -0.1) is 0 Å². The van der Waals surface area contributed by atoms with Crippen molar-refractivity contribution in [1.29, 1.82) is 0 Å². The zero-order valence-electron chi connectivity index (χ0n) is 17.4. The third-order valence-electron chi connectivity index (χ3n) is 4.99. The lowest BCUT2D eigenvalue weighted by Gasteiger charge is -2.14. The van der Waals surface area contributed by atoms with E-state index in [9.17, 15) is 14.4 Å². The minimum absolute atomic E-state index is 0.0673. The van der Waals surface area contributed by atoms with Gasteiger partial charge in [-0.2, -0.15) is 5.10 Å². The Hall–Kier alpha value is -4.20. The van der Waals surface area contributed by atoms with Crippen molar-refractivity contribution in [2.45, 2.75) is 19.4 Å². The third kappa shape index (κ3) is 4.75. The van der Waals surface area contributed by atoms with Crippen molar-refractivity contribution in [2.24, 2.45) is 0 Å². The zero-order chi connectivity index (χ0) is 22.5. The molecule has 1 unspecified atom stereocenters. The van der Waals surface area contributed by atoms with Crippen LogP contribution in [-0.4, -0.2) is 40.6 Å². The fourth-order valence-electron chi connectivity index (χ4n) is 3.32. The molecule has 4 aromatic rings. The highest BCUT2D eigenvalue weighted by molar-refractivity contribution is 6.04. The van der Waals surface area contributed by atoms with Gasteiger partial charge in [0, 0.05) is 17.6 Å². The van der Waals surface area contributed by atoms with E-state index in [1.807, 2.05) is 54.6 Å². The normalized spacial score (nSPS) is 11.8. The topological polar surface area (TPSA) is 113 Å². The molecule has 1 aromatic heterocycles. The average molecular weight is 430 g/mol. The first-order valence-electron chi connectivity index (χ1n) is 10.2. The van der Waals surface area contributed by atoms with Crippen LogP contribution < -0.4 is 10.6 Å². The molecule has 3 aromatic carbocycles. The Morgan fingerprint density at radius 1 is 1.00 bits per heavy atom. The number of hydrogen-bond acceptors (Lipinski definition) is 5. The summed E-state index contributed by atoms with van der Waals surface area (Å²) < 4.78 is 5.19. The number of carbonyl (C=O) groups is 3. The van der Waals surface area contributed by atoms with Gasteiger partial charge in [0.25, 0.3) is 11.8 Å². The number of H-pyrrole nitrogens is 1. The Bertz CT molecular complexity index is 1300. The third-order valence-corrected chi connectivity index (χ3v) is 4.99. The molecule has 0 bridgehead atoms. The monoisotopic (exact) mass is 430 g/mol. The highest BCUT2D eigenvalue weighted by atomic mass is 16.5. The number of esters is 1. The second-order valence-electron chi connectivity index (χ2n) is 7.31. The van der Waals surface area contributed by atoms with Crippen LogP contribution in [-0.2, 0) is 14.3 Å². The van der Waals surface area contributed by atoms with Crippen molar-refractivity contribution in [2.75, 3.05) is 11.9 Å². The average Bonchev–Trinajstić information content (AvgIpc) is 3.23. The molecule has 4 rings (SSSR count). The van der Waals surface area contributed by atoms with E-state index in [4.69, 9.17) is 4.74 Å². The molecule has 0 saturated heterocycles. The van der Waals surface area contributed by atoms with Gasteiger partial charge in [-0.05, 0) is 35.9 Å². The van der Waals surface area contributed by atoms with Gasteiger partial charge < -0.3 is 15.4 Å². The van der Waals surface area contributed by atoms with Crippen molar-refractivity contribution in [3.8, 4) is 0 Å². The predicted molar refractivity (Wildman–Crippen MR) is 121 cm³/mol. The number of ether oxygens (including phenoxy) is 1. The van der Waals surface area contributed by atoms with E-state index in [0.29, 0.717) is 11.1 Å². The maximum absolute atomic E-state index is 12.4. The van der Waals surface area contributed by atoms with Crippen LogP contribution in [0.5, 0.6) is 0 Å². The summed E-state index contributed by atoms with van der Waals surface area (Å²) in [5.41, 5.74) is 1.63. The number of aromatic amines is 1. The van der Waals surface area contributed by atoms with Crippen LogP contribution in [0.1, 0.15) is 23.8 Å². The number of para-hydroxylation sites is 1. The highest BCUT2D eigenvalue weighted by Crippen LogP contribution is 2.19. The minimum Gasteiger partial charge on any atom is -0.452 e. The van der Waals surface area contributed by atoms with E-state index in [0.717, 1.165) is 16.3 Å². The number of anilines is 1. The van der Waals surface area contributed by atoms with E-state index >= 15 is 0 Å². The molecule has 162 valence electrons. The van der Waals surface area contributed by atoms with Crippen molar-refractivity contribution >= 4 is 45.1 Å². The molecule has 8 heteroatoms. The summed E-state index contributed by atoms with van der Waals surface area (Å²) in [6, 6.07) is 20.6. The lowest BCUT2D eigenvalue weighted by Crippen LogP contribution is -2.32. The molecular weight excluding hydrogens is 408 g/mol. The van der Waals surface area contributed by atoms with Gasteiger partial charge in [-0.25, -0.2) is 0 Å². The summed E-state index contributed by atoms with van der Waals surface area (Å²) in [4.78, 5) is 36.8. The first-order chi connectivity index (χ1) is 15.5. The number of hydrogen-bond donors (Lipinski definition) is 3. The molecule has 32 heavy (non-hydrogen) atoms. The van der Waals surface area contributed by atoms with Gasteiger partial charge >= 0.3 is 5.97 Å². The molecule has 0 saturated carbocycles. The largest absolute Gasteiger partial charge is 0.452 e. The summed E-state index contributed by atoms with van der Waals surface area (Å²) in [6.45, 7) is 1.57. The Labute approximate surface area is 184 Å². The number of aromatic nitrogens is 2. The van der Waals surface area contributed by atoms with Crippen molar-refractivity contribution in [3.63, 3.8) is 0 Å². The second kappa shape index (κ2) is 9.30. The Kier molecular flexibility index (Phi) is 6.12. The number of nitrogens with one attached hydrogen (secondary N) is 3. The van der Waals surface area contributed by atoms with Gasteiger partial charge in [0.15, 0.2) is 11.8 Å². The van der Waals surface area contributed by atoms with Crippen LogP contribution in [0.15, 0.2) is 66.7 Å². The molecule has 0 aliphatic rings. The summed E-state index contributed by atoms with van der Waals surface area (Å²) in [7, 11) is 0. The molecular formula is C24H22N4O4. The first-order valence-corrected chi connectivity index (χ1v) is 10.2. The minimum atomic E-state index is -0.972. The Balaban J connectivity index is 1.25. The van der Waals surface area contributed by atoms with Crippen LogP contribution in [0.4, 0.5) is 5.69 Å². The van der Waals surface area contributed by atoms with Crippen molar-refractivity contribution in [3.05, 3.63) is 72.4 Å². The van der Waals surface area contributed by atoms with Crippen molar-refractivity contribution < 1.29 is 19.1 Å². The maximum atomic E-state index is 12.4. The molecule has 2 amide bonds. The first kappa shape index (κ1) is 21.0. The molecule has 0 aliphatic heterocycles. The van der Waals surface area contributed by atoms with E-state index < -0.39 is 23.9 Å². The molecule has 8 nitrogen and oxygen atoms in total. The number of benzene rings is 3. The van der Waals surface area contributed by atoms with Crippen LogP contribution in [0.3, 0.4) is 0 Å². The highest BCUT2D eigenvalue weighted by Gasteiger charge is 2.19. The van der Waals surface area contributed by atoms with Gasteiger partial charge in [-0.3, -0.25) is 19.5 Å². The number of amides is 2. The zero-order valence-corrected chi connectivity index (χ0v) is 17.4. The smallest absolute Gasteiger partial charge is 0.308 e. The lowest BCUT2D eigenvalue weighted by atomic mass is 10.1. The van der Waals surface area contributed by atoms with Crippen molar-refractivity contribution in [1.82, 2.24) is 15.5 Å². The Morgan fingerprint density at radius 2 is 1.75 bits per heavy atom. The molecule has 0 fully saturated rings. The molecule has 0 aliphatic carbocycles. The maximum Gasteiger partial charge on any atom is 0.308 e. The number of fused-ring (bicyclic) bond motifs is 2. The van der Waals surface area contributed by atoms with Gasteiger partial charge in [0.2, 0.25) is 0 Å². The fourth-order valence-corrected chi connectivity index (χ4v) is 3.32. The number of rotatable bonds is 7.